The molecule has 16 heavy (non-hydrogen) atoms. The number of aromatic nitrogens is 2. The molecular weight excluding hydrogens is 208 g/mol. The van der Waals surface area contributed by atoms with Crippen LogP contribution in [0, 0.1) is 6.92 Å². The van der Waals surface area contributed by atoms with Crippen molar-refractivity contribution in [3.8, 4) is 0 Å². The highest BCUT2D eigenvalue weighted by atomic mass is 16.3. The van der Waals surface area contributed by atoms with Crippen LogP contribution in [0.3, 0.4) is 0 Å². The molecule has 0 bridgehead atoms. The van der Waals surface area contributed by atoms with Gasteiger partial charge in [-0.15, -0.1) is 0 Å². The molecule has 3 N–H and O–H groups in total. The normalized spacial score (nSPS) is 18.4. The quantitative estimate of drug-likeness (QED) is 0.674. The van der Waals surface area contributed by atoms with Gasteiger partial charge in [-0.1, -0.05) is 0 Å². The molecule has 2 heterocycles. The SMILES string of the molecule is Cc1nn(C)c(C(=O)N2CC(C)(O)C2)c1N. The Morgan fingerprint density at radius 1 is 1.56 bits per heavy atom. The Morgan fingerprint density at radius 2 is 2.12 bits per heavy atom. The molecule has 1 amide bonds. The van der Waals surface area contributed by atoms with Gasteiger partial charge in [0.1, 0.15) is 5.69 Å². The van der Waals surface area contributed by atoms with E-state index in [4.69, 9.17) is 5.73 Å². The fourth-order valence-electron chi connectivity index (χ4n) is 2.00. The van der Waals surface area contributed by atoms with Gasteiger partial charge in [0.15, 0.2) is 0 Å². The smallest absolute Gasteiger partial charge is 0.274 e. The van der Waals surface area contributed by atoms with Crippen molar-refractivity contribution in [2.45, 2.75) is 19.4 Å². The Morgan fingerprint density at radius 3 is 2.50 bits per heavy atom. The molecule has 1 aliphatic heterocycles. The number of rotatable bonds is 1. The van der Waals surface area contributed by atoms with Crippen LogP contribution in [0.4, 0.5) is 5.69 Å². The van der Waals surface area contributed by atoms with Crippen molar-refractivity contribution in [1.29, 1.82) is 0 Å². The molecule has 1 fully saturated rings. The van der Waals surface area contributed by atoms with Crippen LogP contribution in [-0.4, -0.2) is 44.4 Å². The van der Waals surface area contributed by atoms with Gasteiger partial charge in [0, 0.05) is 7.05 Å². The lowest BCUT2D eigenvalue weighted by Crippen LogP contribution is -2.61. The number of aliphatic hydroxyl groups is 1. The average molecular weight is 224 g/mol. The molecule has 0 atom stereocenters. The largest absolute Gasteiger partial charge is 0.395 e. The first-order valence-electron chi connectivity index (χ1n) is 5.12. The Hall–Kier alpha value is -1.56. The number of hydrogen-bond acceptors (Lipinski definition) is 4. The third-order valence-corrected chi connectivity index (χ3v) is 2.82. The van der Waals surface area contributed by atoms with Crippen molar-refractivity contribution >= 4 is 11.6 Å². The third kappa shape index (κ3) is 1.55. The number of nitrogens with two attached hydrogens (primary N) is 1. The van der Waals surface area contributed by atoms with Crippen LogP contribution in [0.2, 0.25) is 0 Å². The molecule has 0 aromatic carbocycles. The monoisotopic (exact) mass is 224 g/mol. The Bertz CT molecular complexity index is 442. The Balaban J connectivity index is 2.23. The summed E-state index contributed by atoms with van der Waals surface area (Å²) >= 11 is 0. The number of β-amino-alcohol motifs (C(OH)–C–C–N with tert-alkyl or cyclic N) is 1. The molecule has 6 nitrogen and oxygen atoms in total. The van der Waals surface area contributed by atoms with Crippen molar-refractivity contribution in [3.05, 3.63) is 11.4 Å². The Kier molecular flexibility index (Phi) is 2.20. The van der Waals surface area contributed by atoms with Gasteiger partial charge in [-0.05, 0) is 13.8 Å². The van der Waals surface area contributed by atoms with Crippen molar-refractivity contribution in [1.82, 2.24) is 14.7 Å². The lowest BCUT2D eigenvalue weighted by atomic mass is 9.96. The van der Waals surface area contributed by atoms with Crippen molar-refractivity contribution < 1.29 is 9.90 Å². The van der Waals surface area contributed by atoms with Crippen LogP contribution in [0.15, 0.2) is 0 Å². The number of carbonyl (C=O) groups is 1. The predicted octanol–water partition coefficient (Wildman–Crippen LogP) is -0.482. The summed E-state index contributed by atoms with van der Waals surface area (Å²) < 4.78 is 1.49. The number of carbonyl (C=O) groups excluding carboxylic acids is 1. The van der Waals surface area contributed by atoms with Crippen LogP contribution in [-0.2, 0) is 7.05 Å². The summed E-state index contributed by atoms with van der Waals surface area (Å²) in [5.74, 6) is -0.174. The lowest BCUT2D eigenvalue weighted by molar-refractivity contribution is -0.0672. The minimum Gasteiger partial charge on any atom is -0.395 e. The van der Waals surface area contributed by atoms with Gasteiger partial charge in [-0.25, -0.2) is 0 Å². The summed E-state index contributed by atoms with van der Waals surface area (Å²) in [6.45, 7) is 4.15. The minimum atomic E-state index is -0.766. The first kappa shape index (κ1) is 10.9. The summed E-state index contributed by atoms with van der Waals surface area (Å²) in [7, 11) is 1.69. The van der Waals surface area contributed by atoms with Gasteiger partial charge < -0.3 is 15.7 Å². The van der Waals surface area contributed by atoms with Crippen LogP contribution < -0.4 is 5.73 Å². The van der Waals surface area contributed by atoms with Crippen molar-refractivity contribution in [2.24, 2.45) is 7.05 Å². The van der Waals surface area contributed by atoms with Crippen LogP contribution in [0.5, 0.6) is 0 Å². The Labute approximate surface area is 93.6 Å². The maximum absolute atomic E-state index is 12.0. The second kappa shape index (κ2) is 3.21. The fraction of sp³-hybridized carbons (Fsp3) is 0.600. The van der Waals surface area contributed by atoms with Gasteiger partial charge in [0.2, 0.25) is 0 Å². The maximum Gasteiger partial charge on any atom is 0.274 e. The van der Waals surface area contributed by atoms with E-state index < -0.39 is 5.60 Å². The number of nitrogen functional groups attached to an aromatic ring is 1. The second-order valence-electron chi connectivity index (χ2n) is 4.63. The van der Waals surface area contributed by atoms with Gasteiger partial charge in [0.05, 0.1) is 30.1 Å². The zero-order valence-electron chi connectivity index (χ0n) is 9.69. The van der Waals surface area contributed by atoms with E-state index in [1.807, 2.05) is 0 Å². The average Bonchev–Trinajstić information content (AvgIpc) is 2.36. The fourth-order valence-corrected chi connectivity index (χ4v) is 2.00. The molecule has 1 saturated heterocycles. The van der Waals surface area contributed by atoms with E-state index >= 15 is 0 Å². The summed E-state index contributed by atoms with van der Waals surface area (Å²) in [6, 6.07) is 0. The molecule has 88 valence electrons. The molecule has 1 aromatic rings. The molecule has 2 rings (SSSR count). The third-order valence-electron chi connectivity index (χ3n) is 2.82. The molecule has 0 unspecified atom stereocenters. The zero-order valence-corrected chi connectivity index (χ0v) is 9.69. The number of aryl methyl sites for hydroxylation is 2. The molecule has 1 aliphatic rings. The number of anilines is 1. The van der Waals surface area contributed by atoms with E-state index in [-0.39, 0.29) is 5.91 Å². The topological polar surface area (TPSA) is 84.4 Å². The molecule has 0 radical (unpaired) electrons. The van der Waals surface area contributed by atoms with Gasteiger partial charge >= 0.3 is 0 Å². The first-order chi connectivity index (χ1) is 7.32. The highest BCUT2D eigenvalue weighted by Gasteiger charge is 2.41. The van der Waals surface area contributed by atoms with Gasteiger partial charge in [-0.2, -0.15) is 5.10 Å². The predicted molar refractivity (Wildman–Crippen MR) is 58.9 cm³/mol. The van der Waals surface area contributed by atoms with Gasteiger partial charge in [-0.3, -0.25) is 9.48 Å². The van der Waals surface area contributed by atoms with Crippen molar-refractivity contribution in [3.63, 3.8) is 0 Å². The standard InChI is InChI=1S/C10H16N4O2/c1-6-7(11)8(13(3)12-6)9(15)14-4-10(2,16)5-14/h16H,4-5,11H2,1-3H3. The number of hydrogen-bond donors (Lipinski definition) is 2. The molecule has 0 saturated carbocycles. The zero-order chi connectivity index (χ0) is 12.1. The first-order valence-corrected chi connectivity index (χ1v) is 5.12. The maximum atomic E-state index is 12.0. The second-order valence-corrected chi connectivity index (χ2v) is 4.63. The minimum absolute atomic E-state index is 0.174. The molecule has 0 aliphatic carbocycles. The summed E-state index contributed by atoms with van der Waals surface area (Å²) in [6.07, 6.45) is 0. The molecule has 6 heteroatoms. The van der Waals surface area contributed by atoms with Crippen LogP contribution in [0.25, 0.3) is 0 Å². The number of amides is 1. The van der Waals surface area contributed by atoms with E-state index in [0.717, 1.165) is 0 Å². The summed E-state index contributed by atoms with van der Waals surface area (Å²) in [5.41, 5.74) is 6.49. The number of nitrogens with zero attached hydrogens (tertiary/aromatic N) is 3. The highest BCUT2D eigenvalue weighted by molar-refractivity contribution is 5.98. The van der Waals surface area contributed by atoms with E-state index in [1.54, 1.807) is 25.8 Å². The van der Waals surface area contributed by atoms with Gasteiger partial charge in [0.25, 0.3) is 5.91 Å². The number of likely N-dealkylation sites (tertiary alicyclic amines) is 1. The van der Waals surface area contributed by atoms with Crippen LogP contribution in [0.1, 0.15) is 23.1 Å². The van der Waals surface area contributed by atoms with Crippen LogP contribution >= 0.6 is 0 Å². The highest BCUT2D eigenvalue weighted by Crippen LogP contribution is 2.25. The van der Waals surface area contributed by atoms with Crippen molar-refractivity contribution in [2.75, 3.05) is 18.8 Å². The van der Waals surface area contributed by atoms with E-state index in [2.05, 4.69) is 5.10 Å². The van der Waals surface area contributed by atoms with E-state index in [0.29, 0.717) is 30.2 Å². The molecule has 1 aromatic heterocycles. The lowest BCUT2D eigenvalue weighted by Gasteiger charge is -2.44. The summed E-state index contributed by atoms with van der Waals surface area (Å²) in [4.78, 5) is 13.6. The summed E-state index contributed by atoms with van der Waals surface area (Å²) in [5, 5.41) is 13.7. The van der Waals surface area contributed by atoms with E-state index in [9.17, 15) is 9.90 Å². The van der Waals surface area contributed by atoms with E-state index in [1.165, 1.54) is 4.68 Å². The molecule has 0 spiro atoms. The molecular formula is C10H16N4O2.